The topological polar surface area (TPSA) is 95.4 Å². The minimum absolute atomic E-state index is 0.0170. The molecule has 0 atom stereocenters. The van der Waals surface area contributed by atoms with Gasteiger partial charge in [0.05, 0.1) is 12.1 Å². The predicted octanol–water partition coefficient (Wildman–Crippen LogP) is 1.89. The van der Waals surface area contributed by atoms with Gasteiger partial charge in [-0.25, -0.2) is 4.39 Å². The molecule has 134 valence electrons. The van der Waals surface area contributed by atoms with Crippen molar-refractivity contribution >= 4 is 22.7 Å². The van der Waals surface area contributed by atoms with E-state index < -0.39 is 17.3 Å². The van der Waals surface area contributed by atoms with Crippen molar-refractivity contribution in [3.8, 4) is 0 Å². The monoisotopic (exact) mass is 357 g/mol. The molecule has 7 nitrogen and oxygen atoms in total. The third-order valence-electron chi connectivity index (χ3n) is 3.75. The number of hydrogen-bond acceptors (Lipinski definition) is 4. The molecule has 0 spiro atoms. The molecule has 0 aliphatic rings. The van der Waals surface area contributed by atoms with Crippen molar-refractivity contribution in [3.05, 3.63) is 69.7 Å². The van der Waals surface area contributed by atoms with Crippen LogP contribution in [0.1, 0.15) is 26.7 Å². The van der Waals surface area contributed by atoms with Crippen LogP contribution in [0.2, 0.25) is 0 Å². The number of nitrogens with zero attached hydrogens (tertiary/aromatic N) is 1. The summed E-state index contributed by atoms with van der Waals surface area (Å²) in [5, 5.41) is 2.90. The molecule has 1 aromatic carbocycles. The molecular formula is C18H16FN3O4. The minimum Gasteiger partial charge on any atom is -0.454 e. The summed E-state index contributed by atoms with van der Waals surface area (Å²) in [5.41, 5.74) is -0.0496. The summed E-state index contributed by atoms with van der Waals surface area (Å²) in [4.78, 5) is 39.9. The molecule has 0 saturated heterocycles. The Bertz CT molecular complexity index is 1050. The number of H-pyrrole nitrogens is 1. The van der Waals surface area contributed by atoms with Gasteiger partial charge < -0.3 is 19.6 Å². The van der Waals surface area contributed by atoms with Crippen molar-refractivity contribution in [2.24, 2.45) is 0 Å². The maximum absolute atomic E-state index is 13.5. The van der Waals surface area contributed by atoms with Crippen LogP contribution in [0.25, 0.3) is 10.9 Å². The Morgan fingerprint density at radius 2 is 1.96 bits per heavy atom. The van der Waals surface area contributed by atoms with Crippen molar-refractivity contribution in [1.29, 1.82) is 0 Å². The second-order valence-electron chi connectivity index (χ2n) is 5.89. The minimum atomic E-state index is -0.552. The first-order valence-corrected chi connectivity index (χ1v) is 7.76. The van der Waals surface area contributed by atoms with E-state index in [1.165, 1.54) is 29.2 Å². The van der Waals surface area contributed by atoms with E-state index in [1.54, 1.807) is 20.2 Å². The third-order valence-corrected chi connectivity index (χ3v) is 3.75. The number of benzene rings is 1. The molecule has 3 aromatic rings. The maximum Gasteiger partial charge on any atom is 0.289 e. The Balaban J connectivity index is 1.81. The summed E-state index contributed by atoms with van der Waals surface area (Å²) in [6.07, 6.45) is 0. The Morgan fingerprint density at radius 1 is 1.19 bits per heavy atom. The van der Waals surface area contributed by atoms with Crippen LogP contribution in [0.4, 0.5) is 4.39 Å². The lowest BCUT2D eigenvalue weighted by molar-refractivity contribution is 0.0794. The molecule has 8 heteroatoms. The molecule has 26 heavy (non-hydrogen) atoms. The van der Waals surface area contributed by atoms with Gasteiger partial charge in [-0.05, 0) is 30.3 Å². The average Bonchev–Trinajstić information content (AvgIpc) is 3.07. The Hall–Kier alpha value is -3.42. The fourth-order valence-corrected chi connectivity index (χ4v) is 2.48. The van der Waals surface area contributed by atoms with Crippen LogP contribution in [0.15, 0.2) is 45.6 Å². The van der Waals surface area contributed by atoms with Gasteiger partial charge in [0.15, 0.2) is 5.76 Å². The van der Waals surface area contributed by atoms with E-state index in [0.717, 1.165) is 6.07 Å². The van der Waals surface area contributed by atoms with Crippen LogP contribution in [-0.4, -0.2) is 35.8 Å². The quantitative estimate of drug-likeness (QED) is 0.745. The molecule has 0 unspecified atom stereocenters. The molecule has 0 saturated carbocycles. The molecule has 2 N–H and O–H groups in total. The fourth-order valence-electron chi connectivity index (χ4n) is 2.48. The van der Waals surface area contributed by atoms with Crippen LogP contribution < -0.4 is 10.9 Å². The van der Waals surface area contributed by atoms with Gasteiger partial charge in [-0.2, -0.15) is 0 Å². The summed E-state index contributed by atoms with van der Waals surface area (Å²) < 4.78 is 18.9. The van der Waals surface area contributed by atoms with Gasteiger partial charge in [0.25, 0.3) is 11.8 Å². The lowest BCUT2D eigenvalue weighted by Crippen LogP contribution is -2.24. The Labute approximate surface area is 147 Å². The van der Waals surface area contributed by atoms with Gasteiger partial charge in [-0.3, -0.25) is 14.4 Å². The van der Waals surface area contributed by atoms with Gasteiger partial charge >= 0.3 is 0 Å². The van der Waals surface area contributed by atoms with E-state index in [1.807, 2.05) is 0 Å². The zero-order chi connectivity index (χ0) is 18.8. The molecule has 2 amide bonds. The molecule has 3 rings (SSSR count). The van der Waals surface area contributed by atoms with E-state index in [0.29, 0.717) is 16.7 Å². The first-order valence-electron chi connectivity index (χ1n) is 7.76. The highest BCUT2D eigenvalue weighted by molar-refractivity contribution is 6.05. The van der Waals surface area contributed by atoms with Crippen molar-refractivity contribution in [2.75, 3.05) is 14.1 Å². The van der Waals surface area contributed by atoms with Gasteiger partial charge in [0, 0.05) is 31.1 Å². The van der Waals surface area contributed by atoms with E-state index in [4.69, 9.17) is 4.42 Å². The second-order valence-corrected chi connectivity index (χ2v) is 5.89. The number of amides is 2. The summed E-state index contributed by atoms with van der Waals surface area (Å²) >= 11 is 0. The number of hydrogen-bond donors (Lipinski definition) is 2. The van der Waals surface area contributed by atoms with Crippen molar-refractivity contribution in [1.82, 2.24) is 15.2 Å². The number of aromatic nitrogens is 1. The molecule has 0 aliphatic carbocycles. The van der Waals surface area contributed by atoms with Gasteiger partial charge in [-0.15, -0.1) is 0 Å². The number of nitrogens with one attached hydrogen (secondary N) is 2. The number of aromatic amines is 1. The first kappa shape index (κ1) is 17.4. The van der Waals surface area contributed by atoms with Crippen LogP contribution >= 0.6 is 0 Å². The SMILES string of the molecule is CN(C)C(=O)c1ccc(CNC(=O)c2cc(=O)[nH]c3ccc(F)cc23)o1. The fraction of sp³-hybridized carbons (Fsp3) is 0.167. The third kappa shape index (κ3) is 3.49. The van der Waals surface area contributed by atoms with Gasteiger partial charge in [-0.1, -0.05) is 0 Å². The number of rotatable bonds is 4. The average molecular weight is 357 g/mol. The zero-order valence-electron chi connectivity index (χ0n) is 14.1. The Morgan fingerprint density at radius 3 is 2.69 bits per heavy atom. The highest BCUT2D eigenvalue weighted by Crippen LogP contribution is 2.17. The standard InChI is InChI=1S/C18H16FN3O4/c1-22(2)18(25)15-6-4-11(26-15)9-20-17(24)13-8-16(23)21-14-5-3-10(19)7-12(13)14/h3-8H,9H2,1-2H3,(H,20,24)(H,21,23). The number of pyridine rings is 1. The van der Waals surface area contributed by atoms with E-state index in [9.17, 15) is 18.8 Å². The summed E-state index contributed by atoms with van der Waals surface area (Å²) in [5.74, 6) is -0.828. The molecule has 2 aromatic heterocycles. The molecular weight excluding hydrogens is 341 g/mol. The van der Waals surface area contributed by atoms with Crippen molar-refractivity contribution < 1.29 is 18.4 Å². The highest BCUT2D eigenvalue weighted by Gasteiger charge is 2.15. The van der Waals surface area contributed by atoms with Gasteiger partial charge in [0.2, 0.25) is 5.56 Å². The summed E-state index contributed by atoms with van der Waals surface area (Å²) in [6.45, 7) is 0.0170. The summed E-state index contributed by atoms with van der Waals surface area (Å²) in [7, 11) is 3.20. The van der Waals surface area contributed by atoms with Crippen LogP contribution in [-0.2, 0) is 6.54 Å². The van der Waals surface area contributed by atoms with Crippen LogP contribution in [0.5, 0.6) is 0 Å². The first-order chi connectivity index (χ1) is 12.3. The lowest BCUT2D eigenvalue weighted by Gasteiger charge is -2.08. The van der Waals surface area contributed by atoms with Crippen molar-refractivity contribution in [3.63, 3.8) is 0 Å². The van der Waals surface area contributed by atoms with E-state index >= 15 is 0 Å². The normalized spacial score (nSPS) is 10.7. The molecule has 0 aliphatic heterocycles. The molecule has 0 bridgehead atoms. The number of fused-ring (bicyclic) bond motifs is 1. The predicted molar refractivity (Wildman–Crippen MR) is 92.4 cm³/mol. The smallest absolute Gasteiger partial charge is 0.289 e. The summed E-state index contributed by atoms with van der Waals surface area (Å²) in [6, 6.07) is 7.98. The number of halogens is 1. The largest absolute Gasteiger partial charge is 0.454 e. The molecule has 0 fully saturated rings. The molecule has 2 heterocycles. The molecule has 0 radical (unpaired) electrons. The zero-order valence-corrected chi connectivity index (χ0v) is 14.1. The Kier molecular flexibility index (Phi) is 4.57. The van der Waals surface area contributed by atoms with Crippen LogP contribution in [0, 0.1) is 5.82 Å². The van der Waals surface area contributed by atoms with Crippen LogP contribution in [0.3, 0.4) is 0 Å². The number of carbonyl (C=O) groups is 2. The second kappa shape index (κ2) is 6.83. The number of carbonyl (C=O) groups excluding carboxylic acids is 2. The van der Waals surface area contributed by atoms with Gasteiger partial charge in [0.1, 0.15) is 11.6 Å². The van der Waals surface area contributed by atoms with E-state index in [2.05, 4.69) is 10.3 Å². The maximum atomic E-state index is 13.5. The van der Waals surface area contributed by atoms with Crippen molar-refractivity contribution in [2.45, 2.75) is 6.54 Å². The lowest BCUT2D eigenvalue weighted by atomic mass is 10.1. The highest BCUT2D eigenvalue weighted by atomic mass is 19.1. The number of furan rings is 1. The van der Waals surface area contributed by atoms with E-state index in [-0.39, 0.29) is 23.8 Å².